The number of nitrogens with zero attached hydrogens (tertiary/aromatic N) is 4. The summed E-state index contributed by atoms with van der Waals surface area (Å²) in [5.41, 5.74) is 1.28. The summed E-state index contributed by atoms with van der Waals surface area (Å²) in [6, 6.07) is 6.47. The third-order valence-corrected chi connectivity index (χ3v) is 4.87. The molecule has 2 heterocycles. The van der Waals surface area contributed by atoms with Crippen molar-refractivity contribution in [2.45, 2.75) is 32.8 Å². The van der Waals surface area contributed by atoms with Gasteiger partial charge in [0.1, 0.15) is 6.10 Å². The van der Waals surface area contributed by atoms with Crippen molar-refractivity contribution >= 4 is 5.96 Å². The number of likely N-dealkylation sites (tertiary alicyclic amines) is 1. The Morgan fingerprint density at radius 2 is 2.25 bits per heavy atom. The fraction of sp³-hybridized carbons (Fsp3) is 0.524. The zero-order chi connectivity index (χ0) is 19.9. The SMILES string of the molecule is CCNC(=NCC(C)Oc1ccccc1F)N1CCC(Cc2cnn(C)c2)C1. The van der Waals surface area contributed by atoms with E-state index in [9.17, 15) is 4.39 Å². The van der Waals surface area contributed by atoms with Gasteiger partial charge in [-0.3, -0.25) is 4.68 Å². The molecule has 1 aromatic carbocycles. The van der Waals surface area contributed by atoms with Gasteiger partial charge in [0, 0.05) is 32.9 Å². The summed E-state index contributed by atoms with van der Waals surface area (Å²) in [4.78, 5) is 7.04. The normalized spacial score (nSPS) is 18.4. The van der Waals surface area contributed by atoms with E-state index in [2.05, 4.69) is 28.4 Å². The smallest absolute Gasteiger partial charge is 0.194 e. The van der Waals surface area contributed by atoms with Crippen LogP contribution in [0.4, 0.5) is 4.39 Å². The second kappa shape index (κ2) is 9.57. The molecule has 1 aromatic heterocycles. The topological polar surface area (TPSA) is 54.7 Å². The number of guanidine groups is 1. The Kier molecular flexibility index (Phi) is 6.90. The lowest BCUT2D eigenvalue weighted by Gasteiger charge is -2.22. The summed E-state index contributed by atoms with van der Waals surface area (Å²) in [5, 5.41) is 7.63. The number of rotatable bonds is 7. The average molecular weight is 388 g/mol. The summed E-state index contributed by atoms with van der Waals surface area (Å²) in [6.45, 7) is 7.22. The zero-order valence-electron chi connectivity index (χ0n) is 16.9. The summed E-state index contributed by atoms with van der Waals surface area (Å²) in [5.74, 6) is 1.43. The van der Waals surface area contributed by atoms with Crippen LogP contribution in [-0.2, 0) is 13.5 Å². The van der Waals surface area contributed by atoms with Crippen LogP contribution >= 0.6 is 0 Å². The molecular weight excluding hydrogens is 357 g/mol. The minimum absolute atomic E-state index is 0.209. The number of hydrogen-bond donors (Lipinski definition) is 1. The van der Waals surface area contributed by atoms with Gasteiger partial charge in [0.05, 0.1) is 12.7 Å². The molecule has 0 bridgehead atoms. The molecule has 2 aromatic rings. The second-order valence-corrected chi connectivity index (χ2v) is 7.38. The molecule has 0 radical (unpaired) electrons. The molecule has 2 unspecified atom stereocenters. The Hall–Kier alpha value is -2.57. The highest BCUT2D eigenvalue weighted by atomic mass is 19.1. The van der Waals surface area contributed by atoms with Crippen molar-refractivity contribution in [3.05, 3.63) is 48.0 Å². The van der Waals surface area contributed by atoms with Gasteiger partial charge in [0.15, 0.2) is 17.5 Å². The maximum Gasteiger partial charge on any atom is 0.194 e. The van der Waals surface area contributed by atoms with Crippen molar-refractivity contribution in [3.8, 4) is 5.75 Å². The maximum absolute atomic E-state index is 13.8. The highest BCUT2D eigenvalue weighted by molar-refractivity contribution is 5.80. The number of para-hydroxylation sites is 1. The van der Waals surface area contributed by atoms with Gasteiger partial charge < -0.3 is 15.0 Å². The molecular formula is C21H30FN5O. The molecule has 0 amide bonds. The Balaban J connectivity index is 1.55. The number of benzene rings is 1. The first-order chi connectivity index (χ1) is 13.5. The van der Waals surface area contributed by atoms with Crippen LogP contribution in [-0.4, -0.2) is 52.9 Å². The molecule has 1 saturated heterocycles. The molecule has 1 N–H and O–H groups in total. The summed E-state index contributed by atoms with van der Waals surface area (Å²) < 4.78 is 21.3. The Labute approximate surface area is 166 Å². The van der Waals surface area contributed by atoms with Crippen molar-refractivity contribution in [1.82, 2.24) is 20.0 Å². The minimum Gasteiger partial charge on any atom is -0.486 e. The predicted molar refractivity (Wildman–Crippen MR) is 109 cm³/mol. The number of nitrogens with one attached hydrogen (secondary N) is 1. The number of aromatic nitrogens is 2. The first kappa shape index (κ1) is 20.2. The van der Waals surface area contributed by atoms with Gasteiger partial charge in [-0.1, -0.05) is 12.1 Å². The van der Waals surface area contributed by atoms with E-state index in [4.69, 9.17) is 9.73 Å². The summed E-state index contributed by atoms with van der Waals surface area (Å²) in [7, 11) is 1.95. The largest absolute Gasteiger partial charge is 0.486 e. The monoisotopic (exact) mass is 387 g/mol. The lowest BCUT2D eigenvalue weighted by atomic mass is 10.0. The van der Waals surface area contributed by atoms with Crippen molar-refractivity contribution in [2.75, 3.05) is 26.2 Å². The van der Waals surface area contributed by atoms with E-state index < -0.39 is 0 Å². The minimum atomic E-state index is -0.344. The van der Waals surface area contributed by atoms with Crippen LogP contribution < -0.4 is 10.1 Å². The van der Waals surface area contributed by atoms with E-state index in [1.165, 1.54) is 11.6 Å². The molecule has 7 heteroatoms. The van der Waals surface area contributed by atoms with E-state index >= 15 is 0 Å². The first-order valence-electron chi connectivity index (χ1n) is 9.97. The van der Waals surface area contributed by atoms with E-state index in [1.807, 2.05) is 24.9 Å². The molecule has 0 spiro atoms. The molecule has 6 nitrogen and oxygen atoms in total. The third-order valence-electron chi connectivity index (χ3n) is 4.87. The number of aryl methyl sites for hydroxylation is 1. The average Bonchev–Trinajstić information content (AvgIpc) is 3.30. The number of hydrogen-bond acceptors (Lipinski definition) is 3. The highest BCUT2D eigenvalue weighted by Gasteiger charge is 2.25. The van der Waals surface area contributed by atoms with Crippen molar-refractivity contribution < 1.29 is 9.13 Å². The predicted octanol–water partition coefficient (Wildman–Crippen LogP) is 2.86. The van der Waals surface area contributed by atoms with Gasteiger partial charge in [0.25, 0.3) is 0 Å². The Morgan fingerprint density at radius 1 is 1.43 bits per heavy atom. The van der Waals surface area contributed by atoms with E-state index in [1.54, 1.807) is 18.2 Å². The van der Waals surface area contributed by atoms with Gasteiger partial charge in [-0.05, 0) is 50.3 Å². The van der Waals surface area contributed by atoms with Crippen LogP contribution in [0.25, 0.3) is 0 Å². The second-order valence-electron chi connectivity index (χ2n) is 7.38. The standard InChI is InChI=1S/C21H30FN5O/c1-4-23-21(24-12-16(2)28-20-8-6-5-7-19(20)22)27-10-9-17(15-27)11-18-13-25-26(3)14-18/h5-8,13-14,16-17H,4,9-12,15H2,1-3H3,(H,23,24). The Morgan fingerprint density at radius 3 is 2.96 bits per heavy atom. The number of aliphatic imine (C=N–C) groups is 1. The molecule has 1 aliphatic rings. The lowest BCUT2D eigenvalue weighted by Crippen LogP contribution is -2.40. The Bertz CT molecular complexity index is 791. The van der Waals surface area contributed by atoms with Crippen LogP contribution in [0.1, 0.15) is 25.8 Å². The van der Waals surface area contributed by atoms with Gasteiger partial charge in [-0.2, -0.15) is 5.10 Å². The van der Waals surface area contributed by atoms with Crippen LogP contribution in [0.2, 0.25) is 0 Å². The molecule has 3 rings (SSSR count). The molecule has 0 aliphatic carbocycles. The van der Waals surface area contributed by atoms with Gasteiger partial charge in [-0.25, -0.2) is 9.38 Å². The van der Waals surface area contributed by atoms with Gasteiger partial charge >= 0.3 is 0 Å². The quantitative estimate of drug-likeness (QED) is 0.586. The van der Waals surface area contributed by atoms with Crippen molar-refractivity contribution in [2.24, 2.45) is 18.0 Å². The molecule has 1 fully saturated rings. The molecule has 2 atom stereocenters. The van der Waals surface area contributed by atoms with Crippen LogP contribution in [0.15, 0.2) is 41.7 Å². The lowest BCUT2D eigenvalue weighted by molar-refractivity contribution is 0.219. The molecule has 152 valence electrons. The van der Waals surface area contributed by atoms with Crippen molar-refractivity contribution in [3.63, 3.8) is 0 Å². The zero-order valence-corrected chi connectivity index (χ0v) is 16.9. The van der Waals surface area contributed by atoms with Crippen LogP contribution in [0.3, 0.4) is 0 Å². The molecule has 0 saturated carbocycles. The number of halogens is 1. The first-order valence-corrected chi connectivity index (χ1v) is 9.97. The molecule has 1 aliphatic heterocycles. The summed E-state index contributed by atoms with van der Waals surface area (Å²) in [6.07, 6.45) is 6.00. The van der Waals surface area contributed by atoms with E-state index in [-0.39, 0.29) is 17.7 Å². The van der Waals surface area contributed by atoms with Crippen molar-refractivity contribution in [1.29, 1.82) is 0 Å². The van der Waals surface area contributed by atoms with Crippen LogP contribution in [0.5, 0.6) is 5.75 Å². The molecule has 28 heavy (non-hydrogen) atoms. The van der Waals surface area contributed by atoms with Gasteiger partial charge in [-0.15, -0.1) is 0 Å². The fourth-order valence-corrected chi connectivity index (χ4v) is 3.54. The van der Waals surface area contributed by atoms with Crippen LogP contribution in [0, 0.1) is 11.7 Å². The van der Waals surface area contributed by atoms with E-state index in [0.29, 0.717) is 12.5 Å². The van der Waals surface area contributed by atoms with E-state index in [0.717, 1.165) is 38.4 Å². The number of ether oxygens (including phenoxy) is 1. The summed E-state index contributed by atoms with van der Waals surface area (Å²) >= 11 is 0. The van der Waals surface area contributed by atoms with Gasteiger partial charge in [0.2, 0.25) is 0 Å². The fourth-order valence-electron chi connectivity index (χ4n) is 3.54. The highest BCUT2D eigenvalue weighted by Crippen LogP contribution is 2.21. The third kappa shape index (κ3) is 5.47. The maximum atomic E-state index is 13.8.